The number of pyridine rings is 1. The van der Waals surface area contributed by atoms with Gasteiger partial charge in [0.15, 0.2) is 0 Å². The molecule has 3 nitrogen and oxygen atoms in total. The number of H-pyrrole nitrogens is 1. The molecule has 78 valence electrons. The van der Waals surface area contributed by atoms with E-state index in [9.17, 15) is 9.18 Å². The van der Waals surface area contributed by atoms with Gasteiger partial charge < -0.3 is 9.72 Å². The van der Waals surface area contributed by atoms with E-state index in [2.05, 4.69) is 4.98 Å². The molecule has 0 aliphatic heterocycles. The molecular formula is C10H7FINO2. The van der Waals surface area contributed by atoms with E-state index in [0.717, 1.165) is 0 Å². The van der Waals surface area contributed by atoms with Crippen LogP contribution in [0.5, 0.6) is 5.75 Å². The lowest BCUT2D eigenvalue weighted by Gasteiger charge is -2.05. The number of nitrogens with one attached hydrogen (secondary N) is 1. The fourth-order valence-corrected chi connectivity index (χ4v) is 1.85. The van der Waals surface area contributed by atoms with Crippen LogP contribution < -0.4 is 10.2 Å². The molecule has 15 heavy (non-hydrogen) atoms. The third-order valence-corrected chi connectivity index (χ3v) is 2.89. The maximum absolute atomic E-state index is 13.2. The van der Waals surface area contributed by atoms with E-state index in [0.29, 0.717) is 20.2 Å². The number of benzene rings is 1. The number of ether oxygens (including phenoxy) is 1. The minimum absolute atomic E-state index is 0.192. The summed E-state index contributed by atoms with van der Waals surface area (Å²) in [6.45, 7) is 0. The average molecular weight is 319 g/mol. The highest BCUT2D eigenvalue weighted by Gasteiger charge is 2.09. The number of hydrogen-bond donors (Lipinski definition) is 1. The summed E-state index contributed by atoms with van der Waals surface area (Å²) in [5, 5.41) is 0.304. The second-order valence-corrected chi connectivity index (χ2v) is 4.16. The van der Waals surface area contributed by atoms with Gasteiger partial charge in [-0.3, -0.25) is 4.79 Å². The Morgan fingerprint density at radius 2 is 2.20 bits per heavy atom. The van der Waals surface area contributed by atoms with Crippen LogP contribution in [0.25, 0.3) is 10.9 Å². The lowest BCUT2D eigenvalue weighted by molar-refractivity contribution is 0.415. The molecule has 2 aromatic rings. The van der Waals surface area contributed by atoms with Gasteiger partial charge in [0, 0.05) is 12.3 Å². The monoisotopic (exact) mass is 319 g/mol. The Bertz CT molecular complexity index is 579. The molecule has 1 heterocycles. The smallest absolute Gasteiger partial charge is 0.202 e. The first-order valence-electron chi connectivity index (χ1n) is 4.18. The van der Waals surface area contributed by atoms with Gasteiger partial charge in [0.1, 0.15) is 11.6 Å². The van der Waals surface area contributed by atoms with Crippen molar-refractivity contribution in [2.75, 3.05) is 7.11 Å². The minimum atomic E-state index is -0.480. The van der Waals surface area contributed by atoms with Crippen LogP contribution >= 0.6 is 22.6 Å². The molecule has 0 fully saturated rings. The fourth-order valence-electron chi connectivity index (χ4n) is 1.40. The molecule has 0 bridgehead atoms. The van der Waals surface area contributed by atoms with Gasteiger partial charge in [-0.05, 0) is 28.7 Å². The van der Waals surface area contributed by atoms with Crippen molar-refractivity contribution in [2.24, 2.45) is 0 Å². The topological polar surface area (TPSA) is 42.1 Å². The van der Waals surface area contributed by atoms with Gasteiger partial charge in [0.05, 0.1) is 21.6 Å². The van der Waals surface area contributed by atoms with Crippen LogP contribution in [0.15, 0.2) is 23.1 Å². The summed E-state index contributed by atoms with van der Waals surface area (Å²) in [6.07, 6.45) is 1.58. The molecule has 0 amide bonds. The van der Waals surface area contributed by atoms with Crippen molar-refractivity contribution in [3.8, 4) is 5.75 Å². The fraction of sp³-hybridized carbons (Fsp3) is 0.100. The van der Waals surface area contributed by atoms with E-state index in [-0.39, 0.29) is 5.43 Å². The van der Waals surface area contributed by atoms with Crippen LogP contribution in [-0.2, 0) is 0 Å². The van der Waals surface area contributed by atoms with E-state index in [1.54, 1.807) is 6.20 Å². The maximum Gasteiger partial charge on any atom is 0.202 e. The number of fused-ring (bicyclic) bond motifs is 1. The third-order valence-electron chi connectivity index (χ3n) is 2.09. The Labute approximate surface area is 98.4 Å². The zero-order valence-corrected chi connectivity index (χ0v) is 9.96. The number of methoxy groups -OCH3 is 1. The first-order chi connectivity index (χ1) is 7.13. The van der Waals surface area contributed by atoms with Crippen LogP contribution in [0.4, 0.5) is 4.39 Å². The molecule has 0 saturated heterocycles. The Morgan fingerprint density at radius 3 is 2.87 bits per heavy atom. The van der Waals surface area contributed by atoms with Crippen molar-refractivity contribution in [3.05, 3.63) is 37.9 Å². The van der Waals surface area contributed by atoms with Crippen LogP contribution in [0, 0.1) is 9.39 Å². The van der Waals surface area contributed by atoms with E-state index < -0.39 is 5.82 Å². The van der Waals surface area contributed by atoms with Crippen LogP contribution in [0.3, 0.4) is 0 Å². The number of aromatic amines is 1. The van der Waals surface area contributed by atoms with Crippen LogP contribution in [-0.4, -0.2) is 12.1 Å². The number of rotatable bonds is 1. The molecule has 1 aromatic carbocycles. The highest BCUT2D eigenvalue weighted by molar-refractivity contribution is 14.1. The van der Waals surface area contributed by atoms with E-state index >= 15 is 0 Å². The predicted octanol–water partition coefficient (Wildman–Crippen LogP) is 2.28. The summed E-state index contributed by atoms with van der Waals surface area (Å²) >= 11 is 1.90. The van der Waals surface area contributed by atoms with Crippen molar-refractivity contribution in [3.63, 3.8) is 0 Å². The van der Waals surface area contributed by atoms with E-state index in [1.165, 1.54) is 19.2 Å². The summed E-state index contributed by atoms with van der Waals surface area (Å²) in [7, 11) is 1.44. The van der Waals surface area contributed by atoms with Crippen molar-refractivity contribution in [2.45, 2.75) is 0 Å². The van der Waals surface area contributed by atoms with Crippen LogP contribution in [0.1, 0.15) is 0 Å². The van der Waals surface area contributed by atoms with E-state index in [1.807, 2.05) is 22.6 Å². The van der Waals surface area contributed by atoms with Crippen molar-refractivity contribution in [1.29, 1.82) is 0 Å². The van der Waals surface area contributed by atoms with Crippen molar-refractivity contribution < 1.29 is 9.13 Å². The molecule has 0 saturated carbocycles. The first kappa shape index (κ1) is 10.4. The third kappa shape index (κ3) is 1.71. The molecule has 0 aliphatic carbocycles. The SMILES string of the molecule is COc1cc(F)cc2c(=O)c(I)c[nH]c12. The van der Waals surface area contributed by atoms with Gasteiger partial charge in [-0.1, -0.05) is 0 Å². The summed E-state index contributed by atoms with van der Waals surface area (Å²) in [5.74, 6) is -0.148. The lowest BCUT2D eigenvalue weighted by atomic mass is 10.2. The normalized spacial score (nSPS) is 10.6. The zero-order valence-electron chi connectivity index (χ0n) is 7.80. The van der Waals surface area contributed by atoms with Crippen molar-refractivity contribution in [1.82, 2.24) is 4.98 Å². The van der Waals surface area contributed by atoms with Gasteiger partial charge in [0.2, 0.25) is 5.43 Å². The Balaban J connectivity index is 2.96. The van der Waals surface area contributed by atoms with Gasteiger partial charge >= 0.3 is 0 Å². The van der Waals surface area contributed by atoms with Crippen molar-refractivity contribution >= 4 is 33.5 Å². The van der Waals surface area contributed by atoms with E-state index in [4.69, 9.17) is 4.74 Å². The quantitative estimate of drug-likeness (QED) is 0.820. The second kappa shape index (κ2) is 3.80. The number of hydrogen-bond acceptors (Lipinski definition) is 2. The molecule has 0 atom stereocenters. The molecule has 0 unspecified atom stereocenters. The largest absolute Gasteiger partial charge is 0.494 e. The Kier molecular flexibility index (Phi) is 2.64. The minimum Gasteiger partial charge on any atom is -0.494 e. The summed E-state index contributed by atoms with van der Waals surface area (Å²) in [4.78, 5) is 14.6. The summed E-state index contributed by atoms with van der Waals surface area (Å²) in [5.41, 5.74) is 0.325. The Morgan fingerprint density at radius 1 is 1.47 bits per heavy atom. The number of aromatic nitrogens is 1. The second-order valence-electron chi connectivity index (χ2n) is 3.00. The standard InChI is InChI=1S/C10H7FINO2/c1-15-8-3-5(11)2-6-9(8)13-4-7(12)10(6)14/h2-4H,1H3,(H,13,14). The zero-order chi connectivity index (χ0) is 11.0. The molecule has 1 N–H and O–H groups in total. The van der Waals surface area contributed by atoms with Gasteiger partial charge in [-0.2, -0.15) is 0 Å². The van der Waals surface area contributed by atoms with Crippen LogP contribution in [0.2, 0.25) is 0 Å². The molecule has 0 radical (unpaired) electrons. The molecule has 2 rings (SSSR count). The lowest BCUT2D eigenvalue weighted by Crippen LogP contribution is -2.07. The highest BCUT2D eigenvalue weighted by atomic mass is 127. The predicted molar refractivity (Wildman–Crippen MR) is 63.8 cm³/mol. The first-order valence-corrected chi connectivity index (χ1v) is 5.26. The molecule has 1 aromatic heterocycles. The molecular weight excluding hydrogens is 312 g/mol. The summed E-state index contributed by atoms with van der Waals surface area (Å²) in [6, 6.07) is 2.45. The average Bonchev–Trinajstić information content (AvgIpc) is 2.23. The van der Waals surface area contributed by atoms with Gasteiger partial charge in [0.25, 0.3) is 0 Å². The van der Waals surface area contributed by atoms with Gasteiger partial charge in [-0.25, -0.2) is 4.39 Å². The highest BCUT2D eigenvalue weighted by Crippen LogP contribution is 2.23. The number of halogens is 2. The summed E-state index contributed by atoms with van der Waals surface area (Å²) < 4.78 is 18.7. The Hall–Kier alpha value is -1.11. The maximum atomic E-state index is 13.2. The molecule has 5 heteroatoms. The molecule has 0 aliphatic rings. The van der Waals surface area contributed by atoms with Gasteiger partial charge in [-0.15, -0.1) is 0 Å². The molecule has 0 spiro atoms.